The Labute approximate surface area is 88.4 Å². The second-order valence-electron chi connectivity index (χ2n) is 4.53. The van der Waals surface area contributed by atoms with Gasteiger partial charge in [-0.3, -0.25) is 4.90 Å². The van der Waals surface area contributed by atoms with E-state index in [9.17, 15) is 0 Å². The van der Waals surface area contributed by atoms with Crippen molar-refractivity contribution in [3.63, 3.8) is 0 Å². The Hall–Kier alpha value is -0.340. The van der Waals surface area contributed by atoms with Crippen LogP contribution in [-0.2, 0) is 0 Å². The van der Waals surface area contributed by atoms with Crippen LogP contribution in [0.5, 0.6) is 0 Å². The molecule has 1 aliphatic heterocycles. The number of piperidine rings is 1. The molecule has 0 atom stereocenters. The molecule has 0 radical (unpaired) electrons. The standard InChI is InChI=1S/C12H24N2/c1-4-9-14(11(2)3)10-12-5-7-13-8-6-12/h4,11-13H,1,5-10H2,2-3H3. The van der Waals surface area contributed by atoms with Crippen molar-refractivity contribution >= 4 is 0 Å². The maximum atomic E-state index is 3.82. The van der Waals surface area contributed by atoms with Gasteiger partial charge < -0.3 is 5.32 Å². The first-order chi connectivity index (χ1) is 6.74. The molecule has 0 unspecified atom stereocenters. The topological polar surface area (TPSA) is 15.3 Å². The van der Waals surface area contributed by atoms with Gasteiger partial charge in [-0.1, -0.05) is 6.08 Å². The van der Waals surface area contributed by atoms with Crippen LogP contribution in [0.2, 0.25) is 0 Å². The Morgan fingerprint density at radius 2 is 2.07 bits per heavy atom. The Morgan fingerprint density at radius 3 is 2.57 bits per heavy atom. The quantitative estimate of drug-likeness (QED) is 0.675. The molecule has 0 spiro atoms. The maximum Gasteiger partial charge on any atom is 0.0163 e. The molecular weight excluding hydrogens is 172 g/mol. The molecule has 1 saturated heterocycles. The fraction of sp³-hybridized carbons (Fsp3) is 0.833. The molecule has 0 aromatic rings. The summed E-state index contributed by atoms with van der Waals surface area (Å²) in [4.78, 5) is 2.52. The molecule has 0 aromatic heterocycles. The Balaban J connectivity index is 2.33. The summed E-state index contributed by atoms with van der Waals surface area (Å²) in [6, 6.07) is 0.642. The van der Waals surface area contributed by atoms with E-state index in [1.54, 1.807) is 0 Å². The van der Waals surface area contributed by atoms with E-state index in [0.717, 1.165) is 12.5 Å². The highest BCUT2D eigenvalue weighted by Gasteiger charge is 2.17. The largest absolute Gasteiger partial charge is 0.317 e. The van der Waals surface area contributed by atoms with E-state index in [1.807, 2.05) is 6.08 Å². The van der Waals surface area contributed by atoms with Crippen LogP contribution < -0.4 is 5.32 Å². The van der Waals surface area contributed by atoms with Gasteiger partial charge in [0.25, 0.3) is 0 Å². The number of hydrogen-bond donors (Lipinski definition) is 1. The molecule has 82 valence electrons. The molecule has 0 aromatic carbocycles. The SMILES string of the molecule is C=CCN(CC1CCNCC1)C(C)C. The lowest BCUT2D eigenvalue weighted by atomic mass is 9.97. The van der Waals surface area contributed by atoms with Gasteiger partial charge in [-0.2, -0.15) is 0 Å². The molecule has 2 heteroatoms. The number of nitrogens with one attached hydrogen (secondary N) is 1. The highest BCUT2D eigenvalue weighted by molar-refractivity contribution is 4.79. The molecule has 0 saturated carbocycles. The van der Waals surface area contributed by atoms with Crippen molar-refractivity contribution in [1.29, 1.82) is 0 Å². The maximum absolute atomic E-state index is 3.82. The van der Waals surface area contributed by atoms with E-state index in [4.69, 9.17) is 0 Å². The smallest absolute Gasteiger partial charge is 0.0163 e. The fourth-order valence-electron chi connectivity index (χ4n) is 2.06. The average Bonchev–Trinajstić information content (AvgIpc) is 2.18. The molecule has 1 rings (SSSR count). The minimum Gasteiger partial charge on any atom is -0.317 e. The summed E-state index contributed by atoms with van der Waals surface area (Å²) in [6.45, 7) is 13.0. The van der Waals surface area contributed by atoms with Gasteiger partial charge in [-0.05, 0) is 45.7 Å². The van der Waals surface area contributed by atoms with Crippen LogP contribution in [0.3, 0.4) is 0 Å². The van der Waals surface area contributed by atoms with Gasteiger partial charge in [0, 0.05) is 19.1 Å². The van der Waals surface area contributed by atoms with Gasteiger partial charge in [0.15, 0.2) is 0 Å². The first kappa shape index (κ1) is 11.7. The second-order valence-corrected chi connectivity index (χ2v) is 4.53. The third kappa shape index (κ3) is 3.81. The molecule has 1 fully saturated rings. The number of rotatable bonds is 5. The van der Waals surface area contributed by atoms with Crippen LogP contribution in [-0.4, -0.2) is 37.1 Å². The van der Waals surface area contributed by atoms with Crippen molar-refractivity contribution in [3.05, 3.63) is 12.7 Å². The monoisotopic (exact) mass is 196 g/mol. The zero-order chi connectivity index (χ0) is 10.4. The van der Waals surface area contributed by atoms with Crippen molar-refractivity contribution in [1.82, 2.24) is 10.2 Å². The molecule has 2 nitrogen and oxygen atoms in total. The third-order valence-corrected chi connectivity index (χ3v) is 3.05. The van der Waals surface area contributed by atoms with Gasteiger partial charge in [-0.15, -0.1) is 6.58 Å². The number of nitrogens with zero attached hydrogens (tertiary/aromatic N) is 1. The van der Waals surface area contributed by atoms with Crippen molar-refractivity contribution in [3.8, 4) is 0 Å². The normalized spacial score (nSPS) is 19.1. The third-order valence-electron chi connectivity index (χ3n) is 3.05. The number of hydrogen-bond acceptors (Lipinski definition) is 2. The summed E-state index contributed by atoms with van der Waals surface area (Å²) >= 11 is 0. The summed E-state index contributed by atoms with van der Waals surface area (Å²) in [7, 11) is 0. The Bertz CT molecular complexity index is 160. The van der Waals surface area contributed by atoms with Gasteiger partial charge >= 0.3 is 0 Å². The molecule has 0 aliphatic carbocycles. The van der Waals surface area contributed by atoms with Crippen LogP contribution in [0.25, 0.3) is 0 Å². The summed E-state index contributed by atoms with van der Waals surface area (Å²) in [6.07, 6.45) is 4.68. The first-order valence-electron chi connectivity index (χ1n) is 5.79. The van der Waals surface area contributed by atoms with E-state index < -0.39 is 0 Å². The lowest BCUT2D eigenvalue weighted by Crippen LogP contribution is -2.39. The second kappa shape index (κ2) is 6.20. The van der Waals surface area contributed by atoms with Gasteiger partial charge in [0.1, 0.15) is 0 Å². The highest BCUT2D eigenvalue weighted by Crippen LogP contribution is 2.14. The van der Waals surface area contributed by atoms with Crippen LogP contribution in [0.15, 0.2) is 12.7 Å². The van der Waals surface area contributed by atoms with Gasteiger partial charge in [-0.25, -0.2) is 0 Å². The van der Waals surface area contributed by atoms with Crippen LogP contribution in [0.1, 0.15) is 26.7 Å². The van der Waals surface area contributed by atoms with Crippen molar-refractivity contribution in [2.45, 2.75) is 32.7 Å². The zero-order valence-electron chi connectivity index (χ0n) is 9.63. The van der Waals surface area contributed by atoms with Gasteiger partial charge in [0.05, 0.1) is 0 Å². The predicted molar refractivity (Wildman–Crippen MR) is 62.5 cm³/mol. The minimum atomic E-state index is 0.642. The minimum absolute atomic E-state index is 0.642. The summed E-state index contributed by atoms with van der Waals surface area (Å²) < 4.78 is 0. The van der Waals surface area contributed by atoms with E-state index in [-0.39, 0.29) is 0 Å². The molecule has 0 amide bonds. The first-order valence-corrected chi connectivity index (χ1v) is 5.79. The predicted octanol–water partition coefficient (Wildman–Crippen LogP) is 1.88. The van der Waals surface area contributed by atoms with Crippen LogP contribution >= 0.6 is 0 Å². The van der Waals surface area contributed by atoms with E-state index in [1.165, 1.54) is 32.5 Å². The molecular formula is C12H24N2. The lowest BCUT2D eigenvalue weighted by Gasteiger charge is -2.31. The van der Waals surface area contributed by atoms with Crippen LogP contribution in [0, 0.1) is 5.92 Å². The van der Waals surface area contributed by atoms with Crippen LogP contribution in [0.4, 0.5) is 0 Å². The Kier molecular flexibility index (Phi) is 5.20. The zero-order valence-corrected chi connectivity index (χ0v) is 9.63. The van der Waals surface area contributed by atoms with Crippen molar-refractivity contribution < 1.29 is 0 Å². The molecule has 0 bridgehead atoms. The molecule has 1 N–H and O–H groups in total. The van der Waals surface area contributed by atoms with Gasteiger partial charge in [0.2, 0.25) is 0 Å². The summed E-state index contributed by atoms with van der Waals surface area (Å²) in [5, 5.41) is 3.41. The highest BCUT2D eigenvalue weighted by atomic mass is 15.1. The lowest BCUT2D eigenvalue weighted by molar-refractivity contribution is 0.186. The molecule has 14 heavy (non-hydrogen) atoms. The van der Waals surface area contributed by atoms with E-state index in [2.05, 4.69) is 30.6 Å². The average molecular weight is 196 g/mol. The van der Waals surface area contributed by atoms with E-state index >= 15 is 0 Å². The van der Waals surface area contributed by atoms with Crippen molar-refractivity contribution in [2.75, 3.05) is 26.2 Å². The summed E-state index contributed by atoms with van der Waals surface area (Å²) in [5.41, 5.74) is 0. The molecule has 1 aliphatic rings. The van der Waals surface area contributed by atoms with Crippen molar-refractivity contribution in [2.24, 2.45) is 5.92 Å². The van der Waals surface area contributed by atoms with E-state index in [0.29, 0.717) is 6.04 Å². The molecule has 1 heterocycles. The fourth-order valence-corrected chi connectivity index (χ4v) is 2.06. The summed E-state index contributed by atoms with van der Waals surface area (Å²) in [5.74, 6) is 0.888. The Morgan fingerprint density at radius 1 is 1.43 bits per heavy atom.